The average molecular weight is 190 g/mol. The number of aliphatic carboxylic acids is 1. The molecule has 6 nitrogen and oxygen atoms in total. The van der Waals surface area contributed by atoms with Gasteiger partial charge in [-0.1, -0.05) is 0 Å². The second-order valence-electron chi connectivity index (χ2n) is 2.45. The summed E-state index contributed by atoms with van der Waals surface area (Å²) in [6.45, 7) is 0.885. The lowest BCUT2D eigenvalue weighted by atomic mass is 10.3. The molecule has 0 aliphatic heterocycles. The number of methoxy groups -OCH3 is 1. The molecule has 0 aromatic carbocycles. The van der Waals surface area contributed by atoms with Crippen LogP contribution in [0, 0.1) is 0 Å². The average Bonchev–Trinajstić information content (AvgIpc) is 2.10. The molecule has 1 amide bonds. The number of carboxylic acid groups (broad SMARTS) is 1. The number of nitrogens with one attached hydrogen (secondary N) is 1. The van der Waals surface area contributed by atoms with Gasteiger partial charge in [-0.25, -0.2) is 4.79 Å². The Morgan fingerprint density at radius 1 is 1.62 bits per heavy atom. The molecule has 0 saturated heterocycles. The minimum atomic E-state index is -1.48. The highest BCUT2D eigenvalue weighted by Gasteiger charge is 2.19. The van der Waals surface area contributed by atoms with Gasteiger partial charge >= 0.3 is 5.97 Å². The minimum Gasteiger partial charge on any atom is -0.480 e. The molecule has 0 aliphatic carbocycles. The van der Waals surface area contributed by atoms with E-state index < -0.39 is 17.9 Å². The molecule has 1 atom stereocenters. The van der Waals surface area contributed by atoms with Crippen molar-refractivity contribution in [3.63, 3.8) is 0 Å². The number of hydrogen-bond acceptors (Lipinski definition) is 4. The molecule has 0 rings (SSSR count). The summed E-state index contributed by atoms with van der Waals surface area (Å²) in [5, 5.41) is 10.7. The summed E-state index contributed by atoms with van der Waals surface area (Å²) in [6, 6.07) is -1.48. The largest absolute Gasteiger partial charge is 0.480 e. The summed E-state index contributed by atoms with van der Waals surface area (Å²) in [4.78, 5) is 21.1. The molecule has 1 unspecified atom stereocenters. The van der Waals surface area contributed by atoms with Gasteiger partial charge in [0.2, 0.25) is 5.91 Å². The molecule has 0 aromatic rings. The number of ether oxygens (including phenoxy) is 1. The lowest BCUT2D eigenvalue weighted by molar-refractivity contribution is -0.142. The van der Waals surface area contributed by atoms with Crippen molar-refractivity contribution >= 4 is 11.9 Å². The zero-order valence-electron chi connectivity index (χ0n) is 7.45. The number of carboxylic acids is 1. The molecule has 0 bridgehead atoms. The molecule has 0 heterocycles. The van der Waals surface area contributed by atoms with E-state index >= 15 is 0 Å². The van der Waals surface area contributed by atoms with Gasteiger partial charge in [0.05, 0.1) is 0 Å². The quantitative estimate of drug-likeness (QED) is 0.351. The lowest BCUT2D eigenvalue weighted by Gasteiger charge is -2.07. The predicted octanol–water partition coefficient (Wildman–Crippen LogP) is -1.45. The second-order valence-corrected chi connectivity index (χ2v) is 2.45. The van der Waals surface area contributed by atoms with E-state index in [0.717, 1.165) is 0 Å². The molecule has 6 heteroatoms. The smallest absolute Gasteiger partial charge is 0.330 e. The molecule has 0 aliphatic rings. The van der Waals surface area contributed by atoms with Crippen LogP contribution in [0.4, 0.5) is 0 Å². The van der Waals surface area contributed by atoms with Crippen molar-refractivity contribution in [2.75, 3.05) is 20.3 Å². The summed E-state index contributed by atoms with van der Waals surface area (Å²) in [5.74, 6) is -2.01. The first kappa shape index (κ1) is 11.9. The van der Waals surface area contributed by atoms with Crippen LogP contribution in [0.5, 0.6) is 0 Å². The third kappa shape index (κ3) is 5.15. The Morgan fingerprint density at radius 2 is 2.23 bits per heavy atom. The zero-order chi connectivity index (χ0) is 10.3. The van der Waals surface area contributed by atoms with Crippen molar-refractivity contribution in [1.82, 2.24) is 5.32 Å². The van der Waals surface area contributed by atoms with Crippen molar-refractivity contribution in [2.45, 2.75) is 12.5 Å². The van der Waals surface area contributed by atoms with Crippen LogP contribution in [-0.2, 0) is 14.3 Å². The molecule has 0 aromatic heterocycles. The molecule has 76 valence electrons. The van der Waals surface area contributed by atoms with Gasteiger partial charge in [-0.3, -0.25) is 4.79 Å². The fourth-order valence-corrected chi connectivity index (χ4v) is 0.650. The fraction of sp³-hybridized carbons (Fsp3) is 0.714. The number of carbonyl (C=O) groups is 2. The monoisotopic (exact) mass is 190 g/mol. The first-order valence-corrected chi connectivity index (χ1v) is 3.84. The highest BCUT2D eigenvalue weighted by molar-refractivity contribution is 6.00. The molecular formula is C7H14N2O4. The van der Waals surface area contributed by atoms with E-state index in [9.17, 15) is 9.59 Å². The standard InChI is InChI=1S/C7H14N2O4/c1-13-4-2-3-9-6(10)5(8)7(11)12/h5H,2-4,8H2,1H3,(H,9,10)(H,11,12). The van der Waals surface area contributed by atoms with Crippen molar-refractivity contribution in [3.8, 4) is 0 Å². The molecule has 0 fully saturated rings. The van der Waals surface area contributed by atoms with Gasteiger partial charge < -0.3 is 20.9 Å². The maximum Gasteiger partial charge on any atom is 0.330 e. The maximum atomic E-state index is 10.9. The van der Waals surface area contributed by atoms with E-state index in [0.29, 0.717) is 19.6 Å². The molecule has 0 saturated carbocycles. The molecule has 13 heavy (non-hydrogen) atoms. The number of rotatable bonds is 6. The predicted molar refractivity (Wildman–Crippen MR) is 45.1 cm³/mol. The Kier molecular flexibility index (Phi) is 5.82. The van der Waals surface area contributed by atoms with Gasteiger partial charge in [-0.15, -0.1) is 0 Å². The summed E-state index contributed by atoms with van der Waals surface area (Å²) >= 11 is 0. The number of hydrogen-bond donors (Lipinski definition) is 3. The van der Waals surface area contributed by atoms with Gasteiger partial charge in [0.15, 0.2) is 6.04 Å². The highest BCUT2D eigenvalue weighted by atomic mass is 16.5. The molecule has 0 spiro atoms. The Balaban J connectivity index is 3.56. The Hall–Kier alpha value is -1.14. The van der Waals surface area contributed by atoms with E-state index in [1.54, 1.807) is 7.11 Å². The summed E-state index contributed by atoms with van der Waals surface area (Å²) in [6.07, 6.45) is 0.634. The third-order valence-corrected chi connectivity index (χ3v) is 1.37. The Morgan fingerprint density at radius 3 is 2.69 bits per heavy atom. The van der Waals surface area contributed by atoms with Crippen LogP contribution in [0.3, 0.4) is 0 Å². The van der Waals surface area contributed by atoms with Crippen molar-refractivity contribution in [1.29, 1.82) is 0 Å². The third-order valence-electron chi connectivity index (χ3n) is 1.37. The molecule has 4 N–H and O–H groups in total. The zero-order valence-corrected chi connectivity index (χ0v) is 7.45. The number of nitrogens with two attached hydrogens (primary N) is 1. The van der Waals surface area contributed by atoms with Crippen LogP contribution < -0.4 is 11.1 Å². The second kappa shape index (κ2) is 6.38. The fourth-order valence-electron chi connectivity index (χ4n) is 0.650. The van der Waals surface area contributed by atoms with Gasteiger partial charge in [0.25, 0.3) is 0 Å². The SMILES string of the molecule is COCCCNC(=O)C(N)C(=O)O. The van der Waals surface area contributed by atoms with Crippen molar-refractivity contribution in [2.24, 2.45) is 5.73 Å². The Labute approximate surface area is 76.0 Å². The van der Waals surface area contributed by atoms with Crippen LogP contribution in [-0.4, -0.2) is 43.3 Å². The summed E-state index contributed by atoms with van der Waals surface area (Å²) in [7, 11) is 1.55. The minimum absolute atomic E-state index is 0.369. The van der Waals surface area contributed by atoms with Crippen LogP contribution >= 0.6 is 0 Å². The number of amides is 1. The highest BCUT2D eigenvalue weighted by Crippen LogP contribution is 1.81. The summed E-state index contributed by atoms with van der Waals surface area (Å²) < 4.78 is 4.73. The summed E-state index contributed by atoms with van der Waals surface area (Å²) in [5.41, 5.74) is 5.03. The van der Waals surface area contributed by atoms with Gasteiger partial charge in [-0.2, -0.15) is 0 Å². The van der Waals surface area contributed by atoms with E-state index in [1.807, 2.05) is 0 Å². The van der Waals surface area contributed by atoms with Gasteiger partial charge in [0.1, 0.15) is 0 Å². The maximum absolute atomic E-state index is 10.9. The van der Waals surface area contributed by atoms with E-state index in [2.05, 4.69) is 5.32 Å². The van der Waals surface area contributed by atoms with Gasteiger partial charge in [-0.05, 0) is 6.42 Å². The van der Waals surface area contributed by atoms with Crippen LogP contribution in [0.15, 0.2) is 0 Å². The van der Waals surface area contributed by atoms with Crippen molar-refractivity contribution < 1.29 is 19.4 Å². The molecular weight excluding hydrogens is 176 g/mol. The van der Waals surface area contributed by atoms with E-state index in [-0.39, 0.29) is 0 Å². The van der Waals surface area contributed by atoms with Crippen LogP contribution in [0.1, 0.15) is 6.42 Å². The van der Waals surface area contributed by atoms with Crippen LogP contribution in [0.2, 0.25) is 0 Å². The first-order chi connectivity index (χ1) is 6.09. The topological polar surface area (TPSA) is 102 Å². The molecule has 0 radical (unpaired) electrons. The van der Waals surface area contributed by atoms with Crippen LogP contribution in [0.25, 0.3) is 0 Å². The Bertz CT molecular complexity index is 183. The first-order valence-electron chi connectivity index (χ1n) is 3.84. The normalized spacial score (nSPS) is 12.2. The van der Waals surface area contributed by atoms with E-state index in [4.69, 9.17) is 15.6 Å². The lowest BCUT2D eigenvalue weighted by Crippen LogP contribution is -2.46. The number of carbonyl (C=O) groups excluding carboxylic acids is 1. The van der Waals surface area contributed by atoms with E-state index in [1.165, 1.54) is 0 Å². The van der Waals surface area contributed by atoms with Gasteiger partial charge in [0, 0.05) is 20.3 Å². The van der Waals surface area contributed by atoms with Crippen molar-refractivity contribution in [3.05, 3.63) is 0 Å².